The minimum absolute atomic E-state index is 0.136. The number of hydrogen-bond acceptors (Lipinski definition) is 7. The Morgan fingerprint density at radius 1 is 0.971 bits per heavy atom. The molecule has 8 heteroatoms. The van der Waals surface area contributed by atoms with Crippen LogP contribution in [0.2, 0.25) is 0 Å². The molecule has 1 heterocycles. The molecule has 8 nitrogen and oxygen atoms in total. The van der Waals surface area contributed by atoms with Crippen molar-refractivity contribution < 1.29 is 14.3 Å². The summed E-state index contributed by atoms with van der Waals surface area (Å²) in [7, 11) is 11.0. The molecule has 0 saturated carbocycles. The molecule has 3 rings (SSSR count). The molecular formula is C27H37N5O3. The van der Waals surface area contributed by atoms with Crippen LogP contribution in [0, 0.1) is 0 Å². The predicted molar refractivity (Wildman–Crippen MR) is 141 cm³/mol. The SMILES string of the molecule is COC(=O)CC1c2ccccc2N=C(N(C)CCCCC(=O)N(C)C)N1c1ccc(N(C)C)cc1. The smallest absolute Gasteiger partial charge is 0.307 e. The van der Waals surface area contributed by atoms with Crippen molar-refractivity contribution in [1.82, 2.24) is 9.80 Å². The molecule has 2 aromatic rings. The first kappa shape index (κ1) is 26.1. The van der Waals surface area contributed by atoms with Gasteiger partial charge in [-0.15, -0.1) is 0 Å². The Morgan fingerprint density at radius 2 is 1.66 bits per heavy atom. The van der Waals surface area contributed by atoms with Crippen LogP contribution in [0.3, 0.4) is 0 Å². The van der Waals surface area contributed by atoms with E-state index in [1.54, 1.807) is 19.0 Å². The number of esters is 1. The largest absolute Gasteiger partial charge is 0.469 e. The highest BCUT2D eigenvalue weighted by Gasteiger charge is 2.34. The van der Waals surface area contributed by atoms with Crippen molar-refractivity contribution in [2.45, 2.75) is 31.7 Å². The van der Waals surface area contributed by atoms with E-state index in [1.165, 1.54) is 7.11 Å². The van der Waals surface area contributed by atoms with Crippen molar-refractivity contribution in [3.8, 4) is 0 Å². The lowest BCUT2D eigenvalue weighted by Crippen LogP contribution is -2.47. The van der Waals surface area contributed by atoms with Crippen LogP contribution in [-0.2, 0) is 14.3 Å². The normalized spacial score (nSPS) is 14.6. The molecule has 0 fully saturated rings. The molecule has 188 valence electrons. The van der Waals surface area contributed by atoms with E-state index in [0.29, 0.717) is 6.42 Å². The Kier molecular flexibility index (Phi) is 8.73. The summed E-state index contributed by atoms with van der Waals surface area (Å²) in [5.74, 6) is 0.636. The van der Waals surface area contributed by atoms with Gasteiger partial charge >= 0.3 is 5.97 Å². The van der Waals surface area contributed by atoms with Crippen molar-refractivity contribution in [2.75, 3.05) is 58.7 Å². The Labute approximate surface area is 208 Å². The number of carbonyl (C=O) groups is 2. The third-order valence-electron chi connectivity index (χ3n) is 6.25. The number of ether oxygens (including phenoxy) is 1. The van der Waals surface area contributed by atoms with Gasteiger partial charge in [0.1, 0.15) is 0 Å². The molecule has 1 atom stereocenters. The maximum Gasteiger partial charge on any atom is 0.307 e. The Bertz CT molecular complexity index is 1050. The fourth-order valence-electron chi connectivity index (χ4n) is 4.18. The van der Waals surface area contributed by atoms with Gasteiger partial charge in [0.25, 0.3) is 0 Å². The lowest BCUT2D eigenvalue weighted by atomic mass is 9.97. The summed E-state index contributed by atoms with van der Waals surface area (Å²) in [5, 5.41) is 0. The summed E-state index contributed by atoms with van der Waals surface area (Å²) >= 11 is 0. The van der Waals surface area contributed by atoms with E-state index in [0.717, 1.165) is 48.0 Å². The molecule has 1 unspecified atom stereocenters. The molecule has 1 amide bonds. The first-order chi connectivity index (χ1) is 16.7. The van der Waals surface area contributed by atoms with Crippen LogP contribution in [0.4, 0.5) is 17.1 Å². The monoisotopic (exact) mass is 479 g/mol. The first-order valence-corrected chi connectivity index (χ1v) is 11.9. The fourth-order valence-corrected chi connectivity index (χ4v) is 4.18. The third kappa shape index (κ3) is 6.32. The number of carbonyl (C=O) groups excluding carboxylic acids is 2. The van der Waals surface area contributed by atoms with Gasteiger partial charge in [0.2, 0.25) is 11.9 Å². The lowest BCUT2D eigenvalue weighted by molar-refractivity contribution is -0.141. The zero-order valence-corrected chi connectivity index (χ0v) is 21.7. The number of rotatable bonds is 9. The Morgan fingerprint density at radius 3 is 2.29 bits per heavy atom. The maximum absolute atomic E-state index is 12.5. The number of nitrogens with zero attached hydrogens (tertiary/aromatic N) is 5. The number of unbranched alkanes of at least 4 members (excludes halogenated alkanes) is 1. The zero-order chi connectivity index (χ0) is 25.5. The molecular weight excluding hydrogens is 442 g/mol. The summed E-state index contributed by atoms with van der Waals surface area (Å²) in [6.45, 7) is 0.735. The lowest BCUT2D eigenvalue weighted by Gasteiger charge is -2.41. The Balaban J connectivity index is 1.95. The minimum atomic E-state index is -0.272. The average molecular weight is 480 g/mol. The topological polar surface area (TPSA) is 68.7 Å². The molecule has 0 aliphatic carbocycles. The van der Waals surface area contributed by atoms with Gasteiger partial charge in [-0.2, -0.15) is 0 Å². The van der Waals surface area contributed by atoms with Gasteiger partial charge in [0, 0.05) is 65.1 Å². The van der Waals surface area contributed by atoms with Crippen molar-refractivity contribution in [2.24, 2.45) is 4.99 Å². The molecule has 0 radical (unpaired) electrons. The standard InChI is InChI=1S/C27H37N5O3/c1-29(2)20-14-16-21(17-15-20)32-24(19-26(34)35-6)22-11-7-8-12-23(22)28-27(32)31(5)18-10-9-13-25(33)30(3)4/h7-8,11-12,14-17,24H,9-10,13,18-19H2,1-6H3. The highest BCUT2D eigenvalue weighted by Crippen LogP contribution is 2.40. The van der Waals surface area contributed by atoms with Crippen molar-refractivity contribution in [3.05, 3.63) is 54.1 Å². The van der Waals surface area contributed by atoms with Gasteiger partial charge in [-0.25, -0.2) is 4.99 Å². The maximum atomic E-state index is 12.5. The van der Waals surface area contributed by atoms with Crippen LogP contribution >= 0.6 is 0 Å². The van der Waals surface area contributed by atoms with Gasteiger partial charge in [0.15, 0.2) is 0 Å². The molecule has 35 heavy (non-hydrogen) atoms. The van der Waals surface area contributed by atoms with E-state index >= 15 is 0 Å². The second kappa shape index (κ2) is 11.7. The minimum Gasteiger partial charge on any atom is -0.469 e. The van der Waals surface area contributed by atoms with Crippen molar-refractivity contribution in [3.63, 3.8) is 0 Å². The summed E-state index contributed by atoms with van der Waals surface area (Å²) in [6, 6.07) is 15.9. The van der Waals surface area contributed by atoms with Crippen molar-refractivity contribution in [1.29, 1.82) is 0 Å². The number of para-hydroxylation sites is 1. The molecule has 0 spiro atoms. The Hall–Kier alpha value is -3.55. The summed E-state index contributed by atoms with van der Waals surface area (Å²) in [5.41, 5.74) is 3.89. The molecule has 0 bridgehead atoms. The zero-order valence-electron chi connectivity index (χ0n) is 21.7. The molecule has 2 aromatic carbocycles. The second-order valence-corrected chi connectivity index (χ2v) is 9.21. The number of fused-ring (bicyclic) bond motifs is 1. The summed E-state index contributed by atoms with van der Waals surface area (Å²) < 4.78 is 5.06. The number of hydrogen-bond donors (Lipinski definition) is 0. The van der Waals surface area contributed by atoms with Crippen LogP contribution in [0.5, 0.6) is 0 Å². The summed E-state index contributed by atoms with van der Waals surface area (Å²) in [4.78, 5) is 37.4. The second-order valence-electron chi connectivity index (χ2n) is 9.21. The van der Waals surface area contributed by atoms with Gasteiger partial charge in [-0.3, -0.25) is 9.59 Å². The number of anilines is 2. The van der Waals surface area contributed by atoms with Crippen LogP contribution in [0.15, 0.2) is 53.5 Å². The fraction of sp³-hybridized carbons (Fsp3) is 0.444. The van der Waals surface area contributed by atoms with E-state index in [1.807, 2.05) is 45.4 Å². The number of methoxy groups -OCH3 is 1. The molecule has 0 aromatic heterocycles. The van der Waals surface area contributed by atoms with Gasteiger partial charge in [-0.05, 0) is 43.2 Å². The highest BCUT2D eigenvalue weighted by atomic mass is 16.5. The van der Waals surface area contributed by atoms with Crippen LogP contribution < -0.4 is 9.80 Å². The number of aliphatic imine (C=N–C) groups is 1. The van der Waals surface area contributed by atoms with Crippen molar-refractivity contribution >= 4 is 34.9 Å². The van der Waals surface area contributed by atoms with Gasteiger partial charge in [-0.1, -0.05) is 18.2 Å². The molecule has 0 saturated heterocycles. The van der Waals surface area contributed by atoms with E-state index in [9.17, 15) is 9.59 Å². The van der Waals surface area contributed by atoms with Gasteiger partial charge < -0.3 is 24.3 Å². The van der Waals surface area contributed by atoms with E-state index in [4.69, 9.17) is 9.73 Å². The van der Waals surface area contributed by atoms with E-state index < -0.39 is 0 Å². The number of benzene rings is 2. The number of guanidine groups is 1. The third-order valence-corrected chi connectivity index (χ3v) is 6.25. The van der Waals surface area contributed by atoms with Crippen LogP contribution in [0.25, 0.3) is 0 Å². The predicted octanol–water partition coefficient (Wildman–Crippen LogP) is 4.05. The van der Waals surface area contributed by atoms with E-state index in [-0.39, 0.29) is 24.3 Å². The van der Waals surface area contributed by atoms with Gasteiger partial charge in [0.05, 0.1) is 25.3 Å². The van der Waals surface area contributed by atoms with Crippen LogP contribution in [0.1, 0.15) is 37.3 Å². The molecule has 1 aliphatic heterocycles. The highest BCUT2D eigenvalue weighted by molar-refractivity contribution is 6.01. The quantitative estimate of drug-likeness (QED) is 0.399. The first-order valence-electron chi connectivity index (χ1n) is 11.9. The summed E-state index contributed by atoms with van der Waals surface area (Å²) in [6.07, 6.45) is 2.38. The average Bonchev–Trinajstić information content (AvgIpc) is 2.85. The van der Waals surface area contributed by atoms with E-state index in [2.05, 4.69) is 39.0 Å². The molecule has 0 N–H and O–H groups in total. The van der Waals surface area contributed by atoms with Crippen LogP contribution in [-0.4, -0.2) is 76.5 Å². The number of amides is 1. The molecule has 1 aliphatic rings.